The maximum Gasteiger partial charge on any atom is 0.231 e. The molecule has 0 amide bonds. The smallest absolute Gasteiger partial charge is 0.231 e. The van der Waals surface area contributed by atoms with Gasteiger partial charge in [-0.1, -0.05) is 25.1 Å². The first-order chi connectivity index (χ1) is 15.3. The van der Waals surface area contributed by atoms with Crippen LogP contribution in [0.15, 0.2) is 53.1 Å². The Balaban J connectivity index is 1.54. The van der Waals surface area contributed by atoms with Gasteiger partial charge in [0.2, 0.25) is 6.79 Å². The lowest BCUT2D eigenvalue weighted by Gasteiger charge is -2.55. The van der Waals surface area contributed by atoms with Crippen LogP contribution in [0.3, 0.4) is 0 Å². The average molecular weight is 433 g/mol. The summed E-state index contributed by atoms with van der Waals surface area (Å²) in [4.78, 5) is 12.2. The molecule has 4 heteroatoms. The lowest BCUT2D eigenvalue weighted by Crippen LogP contribution is -2.52. The van der Waals surface area contributed by atoms with Gasteiger partial charge in [-0.15, -0.1) is 0 Å². The third kappa shape index (κ3) is 2.62. The Hall–Kier alpha value is -2.33. The molecule has 1 heterocycles. The summed E-state index contributed by atoms with van der Waals surface area (Å²) in [6.07, 6.45) is 8.12. The second-order valence-electron chi connectivity index (χ2n) is 10.8. The predicted molar refractivity (Wildman–Crippen MR) is 123 cm³/mol. The van der Waals surface area contributed by atoms with E-state index in [1.54, 1.807) is 0 Å². The molecule has 2 fully saturated rings. The summed E-state index contributed by atoms with van der Waals surface area (Å²) in [6, 6.07) is 6.34. The van der Waals surface area contributed by atoms with Crippen LogP contribution < -0.4 is 9.47 Å². The van der Waals surface area contributed by atoms with Crippen LogP contribution in [0.25, 0.3) is 0 Å². The van der Waals surface area contributed by atoms with Gasteiger partial charge in [0.15, 0.2) is 17.3 Å². The van der Waals surface area contributed by atoms with Crippen LogP contribution >= 0.6 is 0 Å². The van der Waals surface area contributed by atoms with Crippen molar-refractivity contribution in [3.05, 3.63) is 58.7 Å². The Kier molecular flexibility index (Phi) is 4.33. The summed E-state index contributed by atoms with van der Waals surface area (Å²) < 4.78 is 11.3. The first-order valence-electron chi connectivity index (χ1n) is 12.1. The number of rotatable bonds is 2. The van der Waals surface area contributed by atoms with Gasteiger partial charge in [-0.25, -0.2) is 0 Å². The van der Waals surface area contributed by atoms with Crippen molar-refractivity contribution in [2.45, 2.75) is 70.3 Å². The summed E-state index contributed by atoms with van der Waals surface area (Å²) in [5, 5.41) is 11.9. The van der Waals surface area contributed by atoms with E-state index in [0.29, 0.717) is 18.3 Å². The average Bonchev–Trinajstić information content (AvgIpc) is 3.35. The molecule has 0 radical (unpaired) electrons. The second-order valence-corrected chi connectivity index (χ2v) is 10.8. The molecule has 5 aliphatic rings. The number of aliphatic hydroxyl groups is 1. The van der Waals surface area contributed by atoms with Crippen LogP contribution in [0.1, 0.15) is 70.3 Å². The van der Waals surface area contributed by atoms with Crippen LogP contribution in [0.4, 0.5) is 0 Å². The van der Waals surface area contributed by atoms with E-state index in [4.69, 9.17) is 9.47 Å². The summed E-state index contributed by atoms with van der Waals surface area (Å²) in [5.74, 6) is 2.96. The standard InChI is InChI=1S/C28H32O4/c1-16(2)28(30)11-10-23-21-7-4-17-12-19(29)6-8-20(17)26(21)22(14-27(23,28)3)18-5-9-24-25(13-18)32-15-31-24/h5,9,12-13,21-23,30H,1,4,6-8,10-11,14-15H2,2-3H3/t21?,22-,23?,27+,28-/m1/s1. The van der Waals surface area contributed by atoms with E-state index in [2.05, 4.69) is 25.6 Å². The minimum Gasteiger partial charge on any atom is -0.454 e. The van der Waals surface area contributed by atoms with Crippen molar-refractivity contribution >= 4 is 5.78 Å². The monoisotopic (exact) mass is 432 g/mol. The third-order valence-corrected chi connectivity index (χ3v) is 9.39. The summed E-state index contributed by atoms with van der Waals surface area (Å²) in [5.41, 5.74) is 5.29. The van der Waals surface area contributed by atoms with Crippen molar-refractivity contribution in [3.8, 4) is 11.5 Å². The first kappa shape index (κ1) is 20.3. The van der Waals surface area contributed by atoms with Gasteiger partial charge in [0.25, 0.3) is 0 Å². The number of benzene rings is 1. The molecule has 1 N–H and O–H groups in total. The lowest BCUT2D eigenvalue weighted by atomic mass is 9.50. The molecule has 0 bridgehead atoms. The Morgan fingerprint density at radius 3 is 2.78 bits per heavy atom. The minimum atomic E-state index is -0.832. The summed E-state index contributed by atoms with van der Waals surface area (Å²) >= 11 is 0. The molecule has 0 saturated heterocycles. The normalized spacial score (nSPS) is 37.5. The number of hydrogen-bond donors (Lipinski definition) is 1. The van der Waals surface area contributed by atoms with Crippen molar-refractivity contribution < 1.29 is 19.4 Å². The third-order valence-electron chi connectivity index (χ3n) is 9.39. The highest BCUT2D eigenvalue weighted by Crippen LogP contribution is 2.68. The highest BCUT2D eigenvalue weighted by Gasteiger charge is 2.63. The fraction of sp³-hybridized carbons (Fsp3) is 0.536. The molecular formula is C28H32O4. The molecule has 168 valence electrons. The minimum absolute atomic E-state index is 0.201. The molecular weight excluding hydrogens is 400 g/mol. The fourth-order valence-corrected chi connectivity index (χ4v) is 7.79. The van der Waals surface area contributed by atoms with E-state index in [0.717, 1.165) is 55.6 Å². The molecule has 1 aromatic carbocycles. The van der Waals surface area contributed by atoms with Gasteiger partial charge in [-0.3, -0.25) is 4.79 Å². The molecule has 1 aliphatic heterocycles. The summed E-state index contributed by atoms with van der Waals surface area (Å²) in [6.45, 7) is 8.78. The van der Waals surface area contributed by atoms with E-state index < -0.39 is 5.60 Å². The molecule has 1 aromatic rings. The maximum atomic E-state index is 12.2. The Labute approximate surface area is 190 Å². The quantitative estimate of drug-likeness (QED) is 0.616. The zero-order valence-corrected chi connectivity index (χ0v) is 19.1. The van der Waals surface area contributed by atoms with E-state index in [9.17, 15) is 9.90 Å². The number of carbonyl (C=O) groups is 1. The van der Waals surface area contributed by atoms with E-state index in [-0.39, 0.29) is 23.9 Å². The van der Waals surface area contributed by atoms with Gasteiger partial charge in [-0.05, 0) is 97.8 Å². The Morgan fingerprint density at radius 1 is 1.16 bits per heavy atom. The van der Waals surface area contributed by atoms with Gasteiger partial charge < -0.3 is 14.6 Å². The molecule has 0 spiro atoms. The molecule has 2 saturated carbocycles. The van der Waals surface area contributed by atoms with Crippen LogP contribution in [-0.2, 0) is 4.79 Å². The molecule has 4 aliphatic carbocycles. The fourth-order valence-electron chi connectivity index (χ4n) is 7.79. The number of fused-ring (bicyclic) bond motifs is 5. The number of ether oxygens (including phenoxy) is 2. The SMILES string of the molecule is C=C(C)[C@]1(O)CCC2C3CCC4=CC(=O)CCC4=C3[C@@H](c3ccc4c(c3)OCO4)C[C@@]21C. The van der Waals surface area contributed by atoms with Gasteiger partial charge in [0.1, 0.15) is 0 Å². The second kappa shape index (κ2) is 6.84. The predicted octanol–water partition coefficient (Wildman–Crippen LogP) is 5.62. The zero-order chi connectivity index (χ0) is 22.3. The highest BCUT2D eigenvalue weighted by molar-refractivity contribution is 5.93. The van der Waals surface area contributed by atoms with Crippen molar-refractivity contribution in [1.29, 1.82) is 0 Å². The molecule has 4 nitrogen and oxygen atoms in total. The van der Waals surface area contributed by atoms with Gasteiger partial charge in [0, 0.05) is 17.8 Å². The molecule has 0 aromatic heterocycles. The van der Waals surface area contributed by atoms with Crippen molar-refractivity contribution in [2.24, 2.45) is 17.3 Å². The number of carbonyl (C=O) groups excluding carboxylic acids is 1. The molecule has 32 heavy (non-hydrogen) atoms. The molecule has 6 rings (SSSR count). The van der Waals surface area contributed by atoms with Gasteiger partial charge >= 0.3 is 0 Å². The number of ketones is 1. The molecule has 5 atom stereocenters. The van der Waals surface area contributed by atoms with Crippen molar-refractivity contribution in [1.82, 2.24) is 0 Å². The first-order valence-corrected chi connectivity index (χ1v) is 12.1. The number of allylic oxidation sites excluding steroid dienone is 4. The largest absolute Gasteiger partial charge is 0.454 e. The van der Waals surface area contributed by atoms with E-state index in [1.807, 2.05) is 19.1 Å². The lowest BCUT2D eigenvalue weighted by molar-refractivity contribution is -0.114. The van der Waals surface area contributed by atoms with Crippen LogP contribution in [0.5, 0.6) is 11.5 Å². The maximum absolute atomic E-state index is 12.2. The van der Waals surface area contributed by atoms with Crippen molar-refractivity contribution in [3.63, 3.8) is 0 Å². The number of hydrogen-bond acceptors (Lipinski definition) is 4. The van der Waals surface area contributed by atoms with Crippen LogP contribution in [0.2, 0.25) is 0 Å². The van der Waals surface area contributed by atoms with Crippen LogP contribution in [-0.4, -0.2) is 23.3 Å². The molecule has 2 unspecified atom stereocenters. The highest BCUT2D eigenvalue weighted by atomic mass is 16.7. The van der Waals surface area contributed by atoms with Gasteiger partial charge in [-0.2, -0.15) is 0 Å². The van der Waals surface area contributed by atoms with E-state index in [1.165, 1.54) is 22.3 Å². The van der Waals surface area contributed by atoms with Crippen LogP contribution in [0, 0.1) is 17.3 Å². The Morgan fingerprint density at radius 2 is 1.97 bits per heavy atom. The topological polar surface area (TPSA) is 55.8 Å². The summed E-state index contributed by atoms with van der Waals surface area (Å²) in [7, 11) is 0. The van der Waals surface area contributed by atoms with Crippen molar-refractivity contribution in [2.75, 3.05) is 6.79 Å². The van der Waals surface area contributed by atoms with E-state index >= 15 is 0 Å². The zero-order valence-electron chi connectivity index (χ0n) is 19.1. The Bertz CT molecular complexity index is 1090. The van der Waals surface area contributed by atoms with Gasteiger partial charge in [0.05, 0.1) is 5.60 Å².